The molecule has 4 heterocycles. The quantitative estimate of drug-likeness (QED) is 0.0546. The molecule has 2 aromatic carbocycles. The number of fused-ring (bicyclic) bond motifs is 2. The summed E-state index contributed by atoms with van der Waals surface area (Å²) < 4.78 is 12.5. The first kappa shape index (κ1) is 55.9. The molecule has 4 aliphatic rings. The molecule has 0 aromatic heterocycles. The fourth-order valence-corrected chi connectivity index (χ4v) is 13.7. The fourth-order valence-electron chi connectivity index (χ4n) is 10.0. The van der Waals surface area contributed by atoms with Crippen LogP contribution in [0.1, 0.15) is 116 Å². The van der Waals surface area contributed by atoms with Gasteiger partial charge in [0.25, 0.3) is 0 Å². The van der Waals surface area contributed by atoms with Crippen molar-refractivity contribution in [2.24, 2.45) is 10.8 Å². The molecule has 2 aromatic rings. The molecule has 4 aliphatic heterocycles. The standard InChI is InChI=1S/C52H78N8O6S4/c1-33(53-7)47(67)57-37-23-27-69-41-29-51(3,4)43(59(41)49(37)63)45(61)55-39(35-19-13-11-14-20-35)31-65-25-17-9-10-18-26-66-32-40(36-21-15-12-16-22-36)56-46(62)44-52(5,6)30-42-60(44)50(64)38(24-28-70-42)58-48(68)34(2)54-8/h11-16,19-22,33-34,37-44,53-54H,9-10,17-18,23-32H2,1-8H3,(H,55,61)(H,56,62)(H,57,67)(H,58,68)/t33-,34+,37+,38-,39-,40+,41?,42?,43-,44+. The second-order valence-corrected chi connectivity index (χ2v) is 24.0. The molecule has 0 saturated carbocycles. The first-order valence-corrected chi connectivity index (χ1v) is 28.1. The molecule has 18 heteroatoms. The van der Waals surface area contributed by atoms with Crippen molar-refractivity contribution in [2.45, 2.75) is 152 Å². The van der Waals surface area contributed by atoms with E-state index in [0.29, 0.717) is 49.2 Å². The van der Waals surface area contributed by atoms with E-state index >= 15 is 0 Å². The molecule has 0 aliphatic carbocycles. The normalized spacial score (nSPS) is 25.6. The van der Waals surface area contributed by atoms with Crippen LogP contribution in [0.3, 0.4) is 0 Å². The maximum Gasteiger partial charge on any atom is 0.246 e. The number of thioether (sulfide) groups is 2. The van der Waals surface area contributed by atoms with E-state index in [4.69, 9.17) is 33.9 Å². The van der Waals surface area contributed by atoms with E-state index < -0.39 is 47.1 Å². The summed E-state index contributed by atoms with van der Waals surface area (Å²) in [6.45, 7) is 13.9. The molecular weight excluding hydrogens is 961 g/mol. The Bertz CT molecular complexity index is 1940. The molecule has 0 bridgehead atoms. The minimum absolute atomic E-state index is 0.0789. The molecule has 14 nitrogen and oxygen atoms in total. The second kappa shape index (κ2) is 26.0. The van der Waals surface area contributed by atoms with Crippen LogP contribution in [-0.4, -0.2) is 142 Å². The van der Waals surface area contributed by atoms with Gasteiger partial charge in [0.1, 0.15) is 24.2 Å². The number of likely N-dealkylation sites (N-methyl/N-ethyl adjacent to an activating group) is 2. The van der Waals surface area contributed by atoms with Crippen LogP contribution in [0.25, 0.3) is 0 Å². The van der Waals surface area contributed by atoms with Gasteiger partial charge in [0, 0.05) is 13.2 Å². The van der Waals surface area contributed by atoms with E-state index in [2.05, 4.69) is 59.6 Å². The number of amides is 4. The first-order chi connectivity index (χ1) is 33.5. The predicted octanol–water partition coefficient (Wildman–Crippen LogP) is 6.26. The lowest BCUT2D eigenvalue weighted by Crippen LogP contribution is -2.58. The number of nitrogens with one attached hydrogen (secondary N) is 6. The lowest BCUT2D eigenvalue weighted by atomic mass is 9.83. The average molecular weight is 1040 g/mol. The van der Waals surface area contributed by atoms with Crippen molar-refractivity contribution in [3.05, 3.63) is 71.8 Å². The van der Waals surface area contributed by atoms with E-state index in [9.17, 15) is 19.2 Å². The number of unbranched alkanes of at least 4 members (excludes halogenated alkanes) is 3. The second-order valence-electron chi connectivity index (χ2n) is 20.6. The van der Waals surface area contributed by atoms with Gasteiger partial charge in [-0.05, 0) is 99.9 Å². The third-order valence-corrected chi connectivity index (χ3v) is 17.8. The third kappa shape index (κ3) is 14.2. The van der Waals surface area contributed by atoms with E-state index in [1.54, 1.807) is 23.5 Å². The van der Waals surface area contributed by atoms with Crippen molar-refractivity contribution >= 4 is 81.6 Å². The average Bonchev–Trinajstić information content (AvgIpc) is 3.66. The lowest BCUT2D eigenvalue weighted by molar-refractivity contribution is -0.142. The van der Waals surface area contributed by atoms with Gasteiger partial charge in [0.05, 0.1) is 58.1 Å². The zero-order valence-electron chi connectivity index (χ0n) is 42.4. The molecule has 2 unspecified atom stereocenters. The Morgan fingerprint density at radius 1 is 0.643 bits per heavy atom. The summed E-state index contributed by atoms with van der Waals surface area (Å²) >= 11 is 14.7. The van der Waals surface area contributed by atoms with Gasteiger partial charge in [0.2, 0.25) is 23.6 Å². The highest BCUT2D eigenvalue weighted by Crippen LogP contribution is 2.48. The van der Waals surface area contributed by atoms with Crippen molar-refractivity contribution in [1.29, 1.82) is 0 Å². The van der Waals surface area contributed by atoms with Crippen LogP contribution in [0.15, 0.2) is 60.7 Å². The predicted molar refractivity (Wildman–Crippen MR) is 291 cm³/mol. The zero-order chi connectivity index (χ0) is 50.6. The van der Waals surface area contributed by atoms with Crippen LogP contribution in [0.2, 0.25) is 0 Å². The van der Waals surface area contributed by atoms with Gasteiger partial charge in [-0.25, -0.2) is 0 Å². The summed E-state index contributed by atoms with van der Waals surface area (Å²) in [6, 6.07) is 16.5. The van der Waals surface area contributed by atoms with E-state index in [-0.39, 0.29) is 46.5 Å². The highest BCUT2D eigenvalue weighted by molar-refractivity contribution is 8.00. The Hall–Kier alpha value is -3.36. The monoisotopic (exact) mass is 1040 g/mol. The number of nitrogens with zero attached hydrogens (tertiary/aromatic N) is 2. The Morgan fingerprint density at radius 2 is 1.01 bits per heavy atom. The maximum atomic E-state index is 14.4. The molecular formula is C52H78N8O6S4. The van der Waals surface area contributed by atoms with Gasteiger partial charge >= 0.3 is 0 Å². The van der Waals surface area contributed by atoms with Gasteiger partial charge < -0.3 is 51.2 Å². The number of carbonyl (C=O) groups is 4. The van der Waals surface area contributed by atoms with E-state index in [1.807, 2.05) is 98.4 Å². The Balaban J connectivity index is 0.978. The Kier molecular flexibility index (Phi) is 20.8. The van der Waals surface area contributed by atoms with Crippen molar-refractivity contribution in [3.63, 3.8) is 0 Å². The van der Waals surface area contributed by atoms with Gasteiger partial charge in [-0.1, -0.05) is 126 Å². The van der Waals surface area contributed by atoms with Crippen LogP contribution in [0, 0.1) is 10.8 Å². The van der Waals surface area contributed by atoms with Crippen molar-refractivity contribution in [2.75, 3.05) is 52.0 Å². The molecule has 70 heavy (non-hydrogen) atoms. The molecule has 6 rings (SSSR count). The zero-order valence-corrected chi connectivity index (χ0v) is 45.7. The molecule has 4 saturated heterocycles. The van der Waals surface area contributed by atoms with Gasteiger partial charge in [-0.3, -0.25) is 19.2 Å². The number of ether oxygens (including phenoxy) is 2. The summed E-state index contributed by atoms with van der Waals surface area (Å²) in [5.74, 6) is 1.08. The number of rotatable bonds is 23. The third-order valence-electron chi connectivity index (χ3n) is 14.3. The minimum atomic E-state index is -0.646. The van der Waals surface area contributed by atoms with Gasteiger partial charge in [0.15, 0.2) is 0 Å². The summed E-state index contributed by atoms with van der Waals surface area (Å²) in [5, 5.41) is 19.3. The van der Waals surface area contributed by atoms with Crippen LogP contribution in [-0.2, 0) is 28.7 Å². The molecule has 0 spiro atoms. The largest absolute Gasteiger partial charge is 0.379 e. The Labute approximate surface area is 436 Å². The molecule has 6 N–H and O–H groups in total. The summed E-state index contributed by atoms with van der Waals surface area (Å²) in [7, 11) is 3.68. The number of benzene rings is 2. The fraction of sp³-hybridized carbons (Fsp3) is 0.654. The minimum Gasteiger partial charge on any atom is -0.379 e. The van der Waals surface area contributed by atoms with Crippen LogP contribution in [0.4, 0.5) is 0 Å². The summed E-state index contributed by atoms with van der Waals surface area (Å²) in [6.07, 6.45) is 6.30. The number of hydrogen-bond donors (Lipinski definition) is 6. The summed E-state index contributed by atoms with van der Waals surface area (Å²) in [4.78, 5) is 62.1. The van der Waals surface area contributed by atoms with Crippen LogP contribution < -0.4 is 31.9 Å². The van der Waals surface area contributed by atoms with Gasteiger partial charge in [-0.2, -0.15) is 0 Å². The Morgan fingerprint density at radius 3 is 1.37 bits per heavy atom. The first-order valence-electron chi connectivity index (χ1n) is 25.2. The molecule has 386 valence electrons. The summed E-state index contributed by atoms with van der Waals surface area (Å²) in [5.41, 5.74) is 1.02. The number of carbonyl (C=O) groups excluding carboxylic acids is 4. The van der Waals surface area contributed by atoms with E-state index in [1.165, 1.54) is 0 Å². The molecule has 4 amide bonds. The molecule has 4 fully saturated rings. The topological polar surface area (TPSA) is 165 Å². The highest BCUT2D eigenvalue weighted by atomic mass is 32.2. The maximum absolute atomic E-state index is 14.4. The molecule has 10 atom stereocenters. The van der Waals surface area contributed by atoms with Crippen LogP contribution in [0.5, 0.6) is 0 Å². The highest BCUT2D eigenvalue weighted by Gasteiger charge is 2.56. The SMILES string of the molecule is CN[C@@H](C)C(=S)N[C@@H]1CCSC2CC(C)(C)[C@H](C(=O)N[C@@H](COCCCCCCOC[C@@H](NC(=O)[C@H]3N4C(=O)[C@@H](NC(=S)[C@@H](C)NC)CCSC4CC3(C)C)c3ccccc3)c3ccccc3)N2C1=O. The van der Waals surface area contributed by atoms with Crippen molar-refractivity contribution in [3.8, 4) is 0 Å². The smallest absolute Gasteiger partial charge is 0.246 e. The lowest BCUT2D eigenvalue weighted by Gasteiger charge is -2.35. The van der Waals surface area contributed by atoms with Crippen LogP contribution >= 0.6 is 48.0 Å². The van der Waals surface area contributed by atoms with Gasteiger partial charge in [-0.15, -0.1) is 23.5 Å². The van der Waals surface area contributed by atoms with Crippen molar-refractivity contribution < 1.29 is 28.7 Å². The van der Waals surface area contributed by atoms with E-state index in [0.717, 1.165) is 61.2 Å². The van der Waals surface area contributed by atoms with Crippen molar-refractivity contribution in [1.82, 2.24) is 41.7 Å². The molecule has 0 radical (unpaired) electrons. The number of hydrogen-bond acceptors (Lipinski definition) is 12. The number of thiocarbonyl (C=S) groups is 2.